The Labute approximate surface area is 50.7 Å². The number of nitrogens with two attached hydrogens (primary N) is 1. The summed E-state index contributed by atoms with van der Waals surface area (Å²) in [6, 6.07) is 0.213. The van der Waals surface area contributed by atoms with Crippen LogP contribution in [0.4, 0.5) is 0 Å². The van der Waals surface area contributed by atoms with Gasteiger partial charge in [-0.1, -0.05) is 13.3 Å². The molecule has 0 aliphatic heterocycles. The largest absolute Gasteiger partial charge is 0.396 e. The van der Waals surface area contributed by atoms with E-state index in [-0.39, 0.29) is 12.6 Å². The van der Waals surface area contributed by atoms with Crippen molar-refractivity contribution in [3.8, 4) is 0 Å². The quantitative estimate of drug-likeness (QED) is 0.563. The lowest BCUT2D eigenvalue weighted by Crippen LogP contribution is -2.20. The molecule has 50 valence electrons. The summed E-state index contributed by atoms with van der Waals surface area (Å²) < 4.78 is 0. The molecule has 1 unspecified atom stereocenters. The Morgan fingerprint density at radius 1 is 1.50 bits per heavy atom. The molecule has 0 saturated carbocycles. The second kappa shape index (κ2) is 5.06. The molecule has 0 saturated heterocycles. The van der Waals surface area contributed by atoms with Crippen molar-refractivity contribution in [2.45, 2.75) is 32.2 Å². The first kappa shape index (κ1) is 7.92. The van der Waals surface area contributed by atoms with Crippen molar-refractivity contribution in [1.29, 1.82) is 0 Å². The molecule has 0 aromatic carbocycles. The molecule has 3 N–H and O–H groups in total. The van der Waals surface area contributed by atoms with Gasteiger partial charge >= 0.3 is 0 Å². The van der Waals surface area contributed by atoms with E-state index in [9.17, 15) is 0 Å². The van der Waals surface area contributed by atoms with Crippen LogP contribution in [0.15, 0.2) is 0 Å². The number of aliphatic hydroxyl groups excluding tert-OH is 1. The maximum atomic E-state index is 8.38. The zero-order chi connectivity index (χ0) is 6.41. The summed E-state index contributed by atoms with van der Waals surface area (Å²) >= 11 is 0. The van der Waals surface area contributed by atoms with Crippen LogP contribution in [-0.2, 0) is 0 Å². The number of hydrogen-bond donors (Lipinski definition) is 2. The predicted molar refractivity (Wildman–Crippen MR) is 34.6 cm³/mol. The molecule has 0 aromatic heterocycles. The average molecular weight is 117 g/mol. The molecule has 0 aromatic rings. The Morgan fingerprint density at radius 3 is 2.50 bits per heavy atom. The first-order valence-corrected chi connectivity index (χ1v) is 3.17. The lowest BCUT2D eigenvalue weighted by atomic mass is 10.1. The summed E-state index contributed by atoms with van der Waals surface area (Å²) in [5.74, 6) is 0. The van der Waals surface area contributed by atoms with Gasteiger partial charge in [0.1, 0.15) is 0 Å². The number of hydrogen-bond acceptors (Lipinski definition) is 2. The van der Waals surface area contributed by atoms with E-state index in [4.69, 9.17) is 10.8 Å². The zero-order valence-corrected chi connectivity index (χ0v) is 5.43. The fourth-order valence-corrected chi connectivity index (χ4v) is 0.681. The maximum absolute atomic E-state index is 8.38. The number of aliphatic hydroxyl groups is 1. The first-order valence-electron chi connectivity index (χ1n) is 3.17. The van der Waals surface area contributed by atoms with Gasteiger partial charge in [-0.15, -0.1) is 0 Å². The van der Waals surface area contributed by atoms with Crippen LogP contribution in [0.5, 0.6) is 0 Å². The molecule has 0 spiro atoms. The molecular weight excluding hydrogens is 102 g/mol. The Bertz CT molecular complexity index is 41.8. The molecule has 0 aliphatic rings. The van der Waals surface area contributed by atoms with Gasteiger partial charge in [0.05, 0.1) is 0 Å². The summed E-state index contributed by atoms with van der Waals surface area (Å²) in [7, 11) is 0. The molecule has 0 heterocycles. The lowest BCUT2D eigenvalue weighted by molar-refractivity contribution is 0.273. The van der Waals surface area contributed by atoms with Crippen LogP contribution in [0.2, 0.25) is 0 Å². The molecule has 0 aliphatic carbocycles. The van der Waals surface area contributed by atoms with Crippen molar-refractivity contribution in [3.63, 3.8) is 0 Å². The van der Waals surface area contributed by atoms with Crippen molar-refractivity contribution >= 4 is 0 Å². The van der Waals surface area contributed by atoms with Gasteiger partial charge < -0.3 is 10.8 Å². The van der Waals surface area contributed by atoms with Crippen molar-refractivity contribution in [2.75, 3.05) is 6.61 Å². The molecule has 8 heavy (non-hydrogen) atoms. The van der Waals surface area contributed by atoms with Crippen LogP contribution in [0.3, 0.4) is 0 Å². The average Bonchev–Trinajstić information content (AvgIpc) is 1.68. The molecule has 0 radical (unpaired) electrons. The molecule has 0 rings (SSSR count). The monoisotopic (exact) mass is 117 g/mol. The molecule has 0 amide bonds. The second-order valence-electron chi connectivity index (χ2n) is 2.06. The van der Waals surface area contributed by atoms with E-state index < -0.39 is 0 Å². The Morgan fingerprint density at radius 2 is 2.12 bits per heavy atom. The molecular formula is C6H15NO. The van der Waals surface area contributed by atoms with Crippen LogP contribution < -0.4 is 5.73 Å². The topological polar surface area (TPSA) is 46.2 Å². The summed E-state index contributed by atoms with van der Waals surface area (Å²) in [6.45, 7) is 2.32. The molecule has 1 atom stereocenters. The van der Waals surface area contributed by atoms with Gasteiger partial charge in [-0.3, -0.25) is 0 Å². The normalized spacial score (nSPS) is 13.9. The maximum Gasteiger partial charge on any atom is 0.0445 e. The van der Waals surface area contributed by atoms with E-state index in [1.54, 1.807) is 0 Å². The first-order chi connectivity index (χ1) is 3.81. The summed E-state index contributed by atoms with van der Waals surface area (Å²) in [6.07, 6.45) is 2.88. The van der Waals surface area contributed by atoms with Gasteiger partial charge in [-0.25, -0.2) is 0 Å². The number of rotatable bonds is 4. The van der Waals surface area contributed by atoms with Gasteiger partial charge in [0.25, 0.3) is 0 Å². The third-order valence-corrected chi connectivity index (χ3v) is 1.16. The van der Waals surface area contributed by atoms with E-state index in [1.165, 1.54) is 0 Å². The fraction of sp³-hybridized carbons (Fsp3) is 1.00. The zero-order valence-electron chi connectivity index (χ0n) is 5.43. The highest BCUT2D eigenvalue weighted by molar-refractivity contribution is 4.57. The van der Waals surface area contributed by atoms with Gasteiger partial charge in [-0.2, -0.15) is 0 Å². The van der Waals surface area contributed by atoms with Crippen molar-refractivity contribution in [2.24, 2.45) is 5.73 Å². The SMILES string of the molecule is CCCC(N)CCO. The predicted octanol–water partition coefficient (Wildman–Crippen LogP) is 0.496. The third kappa shape index (κ3) is 4.09. The van der Waals surface area contributed by atoms with Crippen molar-refractivity contribution < 1.29 is 5.11 Å². The minimum absolute atomic E-state index is 0.213. The third-order valence-electron chi connectivity index (χ3n) is 1.16. The highest BCUT2D eigenvalue weighted by atomic mass is 16.3. The second-order valence-corrected chi connectivity index (χ2v) is 2.06. The van der Waals surface area contributed by atoms with Crippen LogP contribution >= 0.6 is 0 Å². The van der Waals surface area contributed by atoms with Crippen LogP contribution in [0, 0.1) is 0 Å². The lowest BCUT2D eigenvalue weighted by Gasteiger charge is -2.05. The summed E-state index contributed by atoms with van der Waals surface area (Å²) in [5.41, 5.74) is 5.53. The molecule has 2 nitrogen and oxygen atoms in total. The van der Waals surface area contributed by atoms with E-state index >= 15 is 0 Å². The van der Waals surface area contributed by atoms with Crippen molar-refractivity contribution in [3.05, 3.63) is 0 Å². The summed E-state index contributed by atoms with van der Waals surface area (Å²) in [4.78, 5) is 0. The van der Waals surface area contributed by atoms with Crippen LogP contribution in [-0.4, -0.2) is 17.8 Å². The minimum atomic E-state index is 0.213. The smallest absolute Gasteiger partial charge is 0.0445 e. The molecule has 0 fully saturated rings. The van der Waals surface area contributed by atoms with E-state index in [0.29, 0.717) is 0 Å². The van der Waals surface area contributed by atoms with Gasteiger partial charge in [0.2, 0.25) is 0 Å². The van der Waals surface area contributed by atoms with Crippen LogP contribution in [0.1, 0.15) is 26.2 Å². The minimum Gasteiger partial charge on any atom is -0.396 e. The highest BCUT2D eigenvalue weighted by Gasteiger charge is 1.96. The fourth-order valence-electron chi connectivity index (χ4n) is 0.681. The van der Waals surface area contributed by atoms with Crippen molar-refractivity contribution in [1.82, 2.24) is 0 Å². The van der Waals surface area contributed by atoms with E-state index in [0.717, 1.165) is 19.3 Å². The molecule has 2 heteroatoms. The molecule has 0 bridgehead atoms. The van der Waals surface area contributed by atoms with Gasteiger partial charge in [0.15, 0.2) is 0 Å². The Kier molecular flexibility index (Phi) is 5.01. The Balaban J connectivity index is 2.92. The van der Waals surface area contributed by atoms with Gasteiger partial charge in [0, 0.05) is 12.6 Å². The van der Waals surface area contributed by atoms with E-state index in [2.05, 4.69) is 6.92 Å². The van der Waals surface area contributed by atoms with E-state index in [1.807, 2.05) is 0 Å². The Hall–Kier alpha value is -0.0800. The van der Waals surface area contributed by atoms with Gasteiger partial charge in [-0.05, 0) is 12.8 Å². The standard InChI is InChI=1S/C6H15NO/c1-2-3-6(7)4-5-8/h6,8H,2-5,7H2,1H3. The summed E-state index contributed by atoms with van der Waals surface area (Å²) in [5, 5.41) is 8.38. The highest BCUT2D eigenvalue weighted by Crippen LogP contribution is 1.95. The van der Waals surface area contributed by atoms with Crippen LogP contribution in [0.25, 0.3) is 0 Å².